The van der Waals surface area contributed by atoms with Crippen molar-refractivity contribution in [2.45, 2.75) is 38.1 Å². The quantitative estimate of drug-likeness (QED) is 0.820. The molecule has 0 aromatic heterocycles. The van der Waals surface area contributed by atoms with Crippen molar-refractivity contribution in [2.24, 2.45) is 23.5 Å². The zero-order chi connectivity index (χ0) is 18.8. The minimum Gasteiger partial charge on any atom is -0.495 e. The fraction of sp³-hybridized carbons (Fsp3) is 0.600. The smallest absolute Gasteiger partial charge is 0.253 e. The molecule has 1 aromatic rings. The number of carbonyl (C=O) groups is 2. The third kappa shape index (κ3) is 4.55. The number of carbonyl (C=O) groups excluding carboxylic acids is 2. The van der Waals surface area contributed by atoms with Gasteiger partial charge in [-0.1, -0.05) is 6.42 Å². The fourth-order valence-corrected chi connectivity index (χ4v) is 4.42. The van der Waals surface area contributed by atoms with Gasteiger partial charge >= 0.3 is 0 Å². The van der Waals surface area contributed by atoms with Gasteiger partial charge in [-0.3, -0.25) is 9.59 Å². The van der Waals surface area contributed by atoms with E-state index < -0.39 is 0 Å². The Morgan fingerprint density at radius 1 is 1.19 bits per heavy atom. The van der Waals surface area contributed by atoms with Gasteiger partial charge in [0.05, 0.1) is 12.8 Å². The molecule has 0 spiro atoms. The Hall–Kier alpha value is -1.79. The highest BCUT2D eigenvalue weighted by atomic mass is 35.5. The van der Waals surface area contributed by atoms with Crippen molar-refractivity contribution < 1.29 is 14.3 Å². The monoisotopic (exact) mass is 395 g/mol. The molecule has 7 heteroatoms. The number of nitrogens with two attached hydrogens (primary N) is 1. The van der Waals surface area contributed by atoms with Crippen LogP contribution in [0.2, 0.25) is 0 Å². The highest BCUT2D eigenvalue weighted by Crippen LogP contribution is 2.42. The van der Waals surface area contributed by atoms with E-state index in [1.807, 2.05) is 0 Å². The van der Waals surface area contributed by atoms with Crippen molar-refractivity contribution >= 4 is 29.9 Å². The van der Waals surface area contributed by atoms with E-state index in [1.165, 1.54) is 11.3 Å². The van der Waals surface area contributed by atoms with Gasteiger partial charge in [0, 0.05) is 31.6 Å². The highest BCUT2D eigenvalue weighted by molar-refractivity contribution is 5.97. The summed E-state index contributed by atoms with van der Waals surface area (Å²) < 4.78 is 5.39. The summed E-state index contributed by atoms with van der Waals surface area (Å²) in [4.78, 5) is 26.4. The lowest BCUT2D eigenvalue weighted by Crippen LogP contribution is -2.48. The van der Waals surface area contributed by atoms with E-state index in [-0.39, 0.29) is 36.2 Å². The minimum atomic E-state index is -0.102. The van der Waals surface area contributed by atoms with Crippen LogP contribution in [-0.2, 0) is 4.79 Å². The summed E-state index contributed by atoms with van der Waals surface area (Å²) in [5.41, 5.74) is 7.46. The zero-order valence-electron chi connectivity index (χ0n) is 16.2. The second-order valence-electron chi connectivity index (χ2n) is 7.80. The van der Waals surface area contributed by atoms with E-state index in [2.05, 4.69) is 5.32 Å². The number of rotatable bonds is 4. The summed E-state index contributed by atoms with van der Waals surface area (Å²) in [6.07, 6.45) is 5.22. The summed E-state index contributed by atoms with van der Waals surface area (Å²) in [5.74, 6) is 1.34. The Morgan fingerprint density at radius 3 is 2.37 bits per heavy atom. The third-order valence-corrected chi connectivity index (χ3v) is 5.90. The van der Waals surface area contributed by atoms with Crippen LogP contribution >= 0.6 is 12.4 Å². The summed E-state index contributed by atoms with van der Waals surface area (Å²) in [6.45, 7) is 0. The number of ether oxygens (including phenoxy) is 1. The maximum absolute atomic E-state index is 12.8. The number of hydrogen-bond acceptors (Lipinski definition) is 4. The molecule has 2 fully saturated rings. The van der Waals surface area contributed by atoms with Crippen LogP contribution in [-0.4, -0.2) is 44.0 Å². The summed E-state index contributed by atoms with van der Waals surface area (Å²) in [7, 11) is 4.95. The molecule has 6 nitrogen and oxygen atoms in total. The Kier molecular flexibility index (Phi) is 7.12. The molecule has 2 atom stereocenters. The summed E-state index contributed by atoms with van der Waals surface area (Å²) in [5, 5.41) is 3.00. The summed E-state index contributed by atoms with van der Waals surface area (Å²) in [6, 6.07) is 5.37. The van der Waals surface area contributed by atoms with Crippen molar-refractivity contribution in [1.82, 2.24) is 4.90 Å². The van der Waals surface area contributed by atoms with Crippen molar-refractivity contribution in [3.05, 3.63) is 23.8 Å². The van der Waals surface area contributed by atoms with Crippen LogP contribution in [0.1, 0.15) is 42.5 Å². The SMILES string of the molecule is COc1cc(C(=O)N(C)C)ccc1NC(=O)C1CC2CCCC(C1)C2N.Cl. The standard InChI is InChI=1S/C20H29N3O3.ClH/c1-23(2)20(25)14-7-8-16(17(11-14)26-3)22-19(24)15-9-12-5-4-6-13(10-15)18(12)21;/h7-8,11-13,15,18H,4-6,9-10,21H2,1-3H3,(H,22,24);1H. The molecule has 2 aliphatic rings. The number of hydrogen-bond donors (Lipinski definition) is 2. The lowest BCUT2D eigenvalue weighted by atomic mass is 9.65. The molecule has 1 aromatic carbocycles. The predicted molar refractivity (Wildman–Crippen MR) is 108 cm³/mol. The predicted octanol–water partition coefficient (Wildman–Crippen LogP) is 2.91. The van der Waals surface area contributed by atoms with Gasteiger partial charge in [-0.15, -0.1) is 12.4 Å². The van der Waals surface area contributed by atoms with Crippen molar-refractivity contribution in [3.63, 3.8) is 0 Å². The highest BCUT2D eigenvalue weighted by Gasteiger charge is 2.40. The number of amides is 2. The fourth-order valence-electron chi connectivity index (χ4n) is 4.42. The molecule has 2 amide bonds. The molecule has 3 rings (SSSR count). The topological polar surface area (TPSA) is 84.7 Å². The van der Waals surface area contributed by atoms with Crippen LogP contribution in [0, 0.1) is 17.8 Å². The van der Waals surface area contributed by atoms with Crippen LogP contribution in [0.15, 0.2) is 18.2 Å². The van der Waals surface area contributed by atoms with Gasteiger partial charge in [-0.2, -0.15) is 0 Å². The molecule has 2 unspecified atom stereocenters. The molecule has 27 heavy (non-hydrogen) atoms. The molecular weight excluding hydrogens is 366 g/mol. The lowest BCUT2D eigenvalue weighted by molar-refractivity contribution is -0.122. The first-order valence-electron chi connectivity index (χ1n) is 9.36. The van der Waals surface area contributed by atoms with Crippen LogP contribution in [0.3, 0.4) is 0 Å². The Morgan fingerprint density at radius 2 is 1.81 bits per heavy atom. The van der Waals surface area contributed by atoms with E-state index in [1.54, 1.807) is 39.4 Å². The minimum absolute atomic E-state index is 0. The van der Waals surface area contributed by atoms with Crippen LogP contribution in [0.5, 0.6) is 5.75 Å². The number of fused-ring (bicyclic) bond motifs is 2. The van der Waals surface area contributed by atoms with Crippen LogP contribution in [0.25, 0.3) is 0 Å². The Bertz CT molecular complexity index is 681. The molecular formula is C20H30ClN3O3. The average Bonchev–Trinajstić information content (AvgIpc) is 2.61. The zero-order valence-corrected chi connectivity index (χ0v) is 17.1. The molecule has 2 saturated carbocycles. The first-order valence-corrected chi connectivity index (χ1v) is 9.36. The van der Waals surface area contributed by atoms with Crippen LogP contribution in [0.4, 0.5) is 5.69 Å². The maximum Gasteiger partial charge on any atom is 0.253 e. The van der Waals surface area contributed by atoms with E-state index in [0.717, 1.165) is 25.7 Å². The van der Waals surface area contributed by atoms with Gasteiger partial charge < -0.3 is 20.7 Å². The van der Waals surface area contributed by atoms with E-state index >= 15 is 0 Å². The molecule has 0 heterocycles. The largest absolute Gasteiger partial charge is 0.495 e. The molecule has 150 valence electrons. The molecule has 3 N–H and O–H groups in total. The van der Waals surface area contributed by atoms with Crippen molar-refractivity contribution in [2.75, 3.05) is 26.5 Å². The second kappa shape index (κ2) is 8.93. The molecule has 0 radical (unpaired) electrons. The number of nitrogens with zero attached hydrogens (tertiary/aromatic N) is 1. The van der Waals surface area contributed by atoms with Gasteiger partial charge in [0.15, 0.2) is 0 Å². The first kappa shape index (κ1) is 21.5. The van der Waals surface area contributed by atoms with Gasteiger partial charge in [-0.05, 0) is 55.7 Å². The third-order valence-electron chi connectivity index (χ3n) is 5.90. The van der Waals surface area contributed by atoms with Gasteiger partial charge in [-0.25, -0.2) is 0 Å². The molecule has 2 aliphatic carbocycles. The summed E-state index contributed by atoms with van der Waals surface area (Å²) >= 11 is 0. The molecule has 0 saturated heterocycles. The number of anilines is 1. The average molecular weight is 396 g/mol. The first-order chi connectivity index (χ1) is 12.4. The van der Waals surface area contributed by atoms with E-state index in [9.17, 15) is 9.59 Å². The number of nitrogens with one attached hydrogen (secondary N) is 1. The maximum atomic E-state index is 12.8. The van der Waals surface area contributed by atoms with Crippen molar-refractivity contribution in [3.8, 4) is 5.75 Å². The number of halogens is 1. The number of benzene rings is 1. The normalized spacial score (nSPS) is 26.5. The van der Waals surface area contributed by atoms with Crippen LogP contribution < -0.4 is 15.8 Å². The van der Waals surface area contributed by atoms with Crippen molar-refractivity contribution in [1.29, 1.82) is 0 Å². The Labute approximate surface area is 167 Å². The Balaban J connectivity index is 0.00000261. The molecule has 2 bridgehead atoms. The lowest BCUT2D eigenvalue weighted by Gasteiger charge is -2.43. The van der Waals surface area contributed by atoms with E-state index in [0.29, 0.717) is 28.8 Å². The van der Waals surface area contributed by atoms with Gasteiger partial charge in [0.1, 0.15) is 5.75 Å². The second-order valence-corrected chi connectivity index (χ2v) is 7.80. The van der Waals surface area contributed by atoms with E-state index in [4.69, 9.17) is 10.5 Å². The van der Waals surface area contributed by atoms with Gasteiger partial charge in [0.2, 0.25) is 5.91 Å². The van der Waals surface area contributed by atoms with Gasteiger partial charge in [0.25, 0.3) is 5.91 Å². The molecule has 0 aliphatic heterocycles. The number of methoxy groups -OCH3 is 1.